The van der Waals surface area contributed by atoms with Crippen molar-refractivity contribution >= 4 is 33.3 Å². The van der Waals surface area contributed by atoms with E-state index in [1.165, 1.54) is 7.11 Å². The number of methoxy groups -OCH3 is 1. The molecular weight excluding hydrogens is 350 g/mol. The van der Waals surface area contributed by atoms with Crippen LogP contribution in [0.25, 0.3) is 20.7 Å². The predicted molar refractivity (Wildman–Crippen MR) is 101 cm³/mol. The Bertz CT molecular complexity index is 928. The maximum atomic E-state index is 11.9. The molecule has 0 amide bonds. The number of aromatic nitrogens is 2. The highest BCUT2D eigenvalue weighted by molar-refractivity contribution is 7.21. The van der Waals surface area contributed by atoms with Gasteiger partial charge in [0.05, 0.1) is 25.1 Å². The fourth-order valence-corrected chi connectivity index (χ4v) is 4.22. The monoisotopic (exact) mass is 369 g/mol. The number of fused-ring (bicyclic) bond motifs is 1. The number of anilines is 1. The first-order valence-electron chi connectivity index (χ1n) is 8.44. The average Bonchev–Trinajstić information content (AvgIpc) is 3.12. The van der Waals surface area contributed by atoms with Crippen LogP contribution in [0, 0.1) is 0 Å². The fourth-order valence-electron chi connectivity index (χ4n) is 3.23. The van der Waals surface area contributed by atoms with Crippen LogP contribution in [-0.4, -0.2) is 48.3 Å². The van der Waals surface area contributed by atoms with E-state index in [1.54, 1.807) is 17.7 Å². The van der Waals surface area contributed by atoms with Crippen molar-refractivity contribution < 1.29 is 14.3 Å². The van der Waals surface area contributed by atoms with Gasteiger partial charge in [0.1, 0.15) is 17.0 Å². The van der Waals surface area contributed by atoms with Gasteiger partial charge in [-0.15, -0.1) is 11.3 Å². The zero-order valence-electron chi connectivity index (χ0n) is 14.6. The molecule has 0 spiro atoms. The van der Waals surface area contributed by atoms with Gasteiger partial charge >= 0.3 is 5.97 Å². The summed E-state index contributed by atoms with van der Waals surface area (Å²) in [7, 11) is 1.38. The first-order chi connectivity index (χ1) is 12.7. The van der Waals surface area contributed by atoms with Crippen LogP contribution in [0.4, 0.5) is 5.82 Å². The van der Waals surface area contributed by atoms with E-state index in [-0.39, 0.29) is 12.1 Å². The number of benzene rings is 1. The van der Waals surface area contributed by atoms with Gasteiger partial charge in [-0.3, -0.25) is 0 Å². The molecule has 1 fully saturated rings. The Morgan fingerprint density at radius 2 is 2.08 bits per heavy atom. The number of esters is 1. The number of hydrogen-bond donors (Lipinski definition) is 0. The van der Waals surface area contributed by atoms with Crippen LogP contribution in [0.15, 0.2) is 42.7 Å². The summed E-state index contributed by atoms with van der Waals surface area (Å²) in [6, 6.07) is 12.3. The van der Waals surface area contributed by atoms with Crippen LogP contribution in [0.5, 0.6) is 0 Å². The minimum Gasteiger partial charge on any atom is -0.467 e. The van der Waals surface area contributed by atoms with Crippen molar-refractivity contribution in [3.05, 3.63) is 42.7 Å². The Hall–Kier alpha value is -2.51. The molecule has 0 saturated carbocycles. The molecule has 2 atom stereocenters. The van der Waals surface area contributed by atoms with E-state index < -0.39 is 6.10 Å². The quantitative estimate of drug-likeness (QED) is 0.661. The third-order valence-electron chi connectivity index (χ3n) is 4.39. The number of carbonyl (C=O) groups is 1. The molecule has 4 rings (SSSR count). The van der Waals surface area contributed by atoms with E-state index in [0.717, 1.165) is 26.5 Å². The molecule has 1 aliphatic rings. The van der Waals surface area contributed by atoms with Gasteiger partial charge < -0.3 is 14.4 Å². The third-order valence-corrected chi connectivity index (χ3v) is 5.48. The first-order valence-corrected chi connectivity index (χ1v) is 9.25. The van der Waals surface area contributed by atoms with Gasteiger partial charge in [-0.1, -0.05) is 30.3 Å². The van der Waals surface area contributed by atoms with Gasteiger partial charge in [0.15, 0.2) is 6.10 Å². The lowest BCUT2D eigenvalue weighted by Crippen LogP contribution is -2.50. The highest BCUT2D eigenvalue weighted by Crippen LogP contribution is 2.36. The molecule has 1 saturated heterocycles. The van der Waals surface area contributed by atoms with Gasteiger partial charge in [0.2, 0.25) is 0 Å². The highest BCUT2D eigenvalue weighted by Gasteiger charge is 2.32. The van der Waals surface area contributed by atoms with Crippen LogP contribution in [0.2, 0.25) is 0 Å². The van der Waals surface area contributed by atoms with Crippen molar-refractivity contribution in [3.63, 3.8) is 0 Å². The summed E-state index contributed by atoms with van der Waals surface area (Å²) in [4.78, 5) is 25.0. The summed E-state index contributed by atoms with van der Waals surface area (Å²) in [6.07, 6.45) is 0.877. The third kappa shape index (κ3) is 3.15. The molecule has 2 aromatic heterocycles. The molecule has 1 unspecified atom stereocenters. The molecule has 0 N–H and O–H groups in total. The molecule has 1 aromatic carbocycles. The molecule has 3 aromatic rings. The number of morpholine rings is 1. The minimum absolute atomic E-state index is 0.0925. The van der Waals surface area contributed by atoms with E-state index >= 15 is 0 Å². The van der Waals surface area contributed by atoms with Crippen LogP contribution in [0.1, 0.15) is 6.92 Å². The van der Waals surface area contributed by atoms with Gasteiger partial charge in [-0.2, -0.15) is 0 Å². The summed E-state index contributed by atoms with van der Waals surface area (Å²) < 4.78 is 10.6. The molecule has 1 aliphatic heterocycles. The normalized spacial score (nSPS) is 20.3. The Labute approximate surface area is 155 Å². The molecule has 26 heavy (non-hydrogen) atoms. The topological polar surface area (TPSA) is 64.5 Å². The Morgan fingerprint density at radius 3 is 2.85 bits per heavy atom. The Kier molecular flexibility index (Phi) is 4.57. The summed E-state index contributed by atoms with van der Waals surface area (Å²) in [5, 5.41) is 0.995. The second-order valence-electron chi connectivity index (χ2n) is 6.26. The molecule has 0 aliphatic carbocycles. The lowest BCUT2D eigenvalue weighted by atomic mass is 10.1. The zero-order chi connectivity index (χ0) is 18.1. The van der Waals surface area contributed by atoms with Gasteiger partial charge in [0.25, 0.3) is 0 Å². The van der Waals surface area contributed by atoms with Crippen molar-refractivity contribution in [3.8, 4) is 10.4 Å². The lowest BCUT2D eigenvalue weighted by Gasteiger charge is -2.36. The Morgan fingerprint density at radius 1 is 1.27 bits per heavy atom. The minimum atomic E-state index is -0.610. The van der Waals surface area contributed by atoms with E-state index in [1.807, 2.05) is 25.1 Å². The van der Waals surface area contributed by atoms with Crippen LogP contribution < -0.4 is 4.90 Å². The molecule has 0 radical (unpaired) electrons. The molecule has 7 heteroatoms. The van der Waals surface area contributed by atoms with E-state index in [2.05, 4.69) is 33.1 Å². The van der Waals surface area contributed by atoms with Crippen molar-refractivity contribution in [1.29, 1.82) is 0 Å². The molecule has 3 heterocycles. The second-order valence-corrected chi connectivity index (χ2v) is 7.29. The SMILES string of the molecule is COC(=O)C1CN(c2ncnc3sc(-c4ccccc4)cc23)C[C@@H](C)O1. The lowest BCUT2D eigenvalue weighted by molar-refractivity contribution is -0.158. The summed E-state index contributed by atoms with van der Waals surface area (Å²) in [5.74, 6) is 0.472. The van der Waals surface area contributed by atoms with E-state index in [9.17, 15) is 4.79 Å². The molecule has 0 bridgehead atoms. The smallest absolute Gasteiger partial charge is 0.336 e. The van der Waals surface area contributed by atoms with Crippen LogP contribution >= 0.6 is 11.3 Å². The van der Waals surface area contributed by atoms with Gasteiger partial charge in [0, 0.05) is 11.4 Å². The maximum absolute atomic E-state index is 11.9. The summed E-state index contributed by atoms with van der Waals surface area (Å²) in [5.41, 5.74) is 1.16. The predicted octanol–water partition coefficient (Wildman–Crippen LogP) is 3.13. The van der Waals surface area contributed by atoms with Gasteiger partial charge in [-0.05, 0) is 18.6 Å². The number of carbonyl (C=O) groups excluding carboxylic acids is 1. The van der Waals surface area contributed by atoms with E-state index in [4.69, 9.17) is 9.47 Å². The second kappa shape index (κ2) is 7.01. The summed E-state index contributed by atoms with van der Waals surface area (Å²) >= 11 is 1.64. The Balaban J connectivity index is 1.72. The number of rotatable bonds is 3. The van der Waals surface area contributed by atoms with Crippen molar-refractivity contribution in [2.24, 2.45) is 0 Å². The first kappa shape index (κ1) is 16.9. The van der Waals surface area contributed by atoms with Crippen molar-refractivity contribution in [1.82, 2.24) is 9.97 Å². The number of ether oxygens (including phenoxy) is 2. The molecule has 6 nitrogen and oxygen atoms in total. The van der Waals surface area contributed by atoms with E-state index in [0.29, 0.717) is 13.1 Å². The van der Waals surface area contributed by atoms with Crippen LogP contribution in [0.3, 0.4) is 0 Å². The van der Waals surface area contributed by atoms with Gasteiger partial charge in [-0.25, -0.2) is 14.8 Å². The molecule has 134 valence electrons. The molecular formula is C19H19N3O3S. The number of nitrogens with zero attached hydrogens (tertiary/aromatic N) is 3. The van der Waals surface area contributed by atoms with Crippen LogP contribution in [-0.2, 0) is 14.3 Å². The fraction of sp³-hybridized carbons (Fsp3) is 0.316. The maximum Gasteiger partial charge on any atom is 0.336 e. The number of thiophene rings is 1. The van der Waals surface area contributed by atoms with Crippen molar-refractivity contribution in [2.45, 2.75) is 19.1 Å². The number of hydrogen-bond acceptors (Lipinski definition) is 7. The van der Waals surface area contributed by atoms with Crippen molar-refractivity contribution in [2.75, 3.05) is 25.1 Å². The standard InChI is InChI=1S/C19H19N3O3S/c1-12-9-22(10-15(25-12)19(23)24-2)17-14-8-16(13-6-4-3-5-7-13)26-18(14)21-11-20-17/h3-8,11-12,15H,9-10H2,1-2H3/t12-,15?/m1/s1. The largest absolute Gasteiger partial charge is 0.467 e. The summed E-state index contributed by atoms with van der Waals surface area (Å²) in [6.45, 7) is 3.03. The highest BCUT2D eigenvalue weighted by atomic mass is 32.1. The zero-order valence-corrected chi connectivity index (χ0v) is 15.4. The average molecular weight is 369 g/mol.